The molecule has 116 valence electrons. The number of carboxylic acids is 1. The number of carboxylic acid groups (broad SMARTS) is 1. The molecule has 0 amide bonds. The Bertz CT molecular complexity index is 631. The van der Waals surface area contributed by atoms with Crippen molar-refractivity contribution in [2.45, 2.75) is 19.2 Å². The Balaban J connectivity index is 2.07. The van der Waals surface area contributed by atoms with E-state index >= 15 is 0 Å². The molecule has 2 rings (SSSR count). The van der Waals surface area contributed by atoms with Crippen LogP contribution in [0.2, 0.25) is 0 Å². The average Bonchev–Trinajstić information content (AvgIpc) is 2.45. The van der Waals surface area contributed by atoms with Crippen molar-refractivity contribution in [1.29, 1.82) is 0 Å². The minimum absolute atomic E-state index is 0.0584. The van der Waals surface area contributed by atoms with Gasteiger partial charge in [-0.2, -0.15) is 0 Å². The molecule has 3 nitrogen and oxygen atoms in total. The smallest absolute Gasteiger partial charge is 0.481 e. The zero-order valence-electron chi connectivity index (χ0n) is 11.4. The summed E-state index contributed by atoms with van der Waals surface area (Å²) in [6.45, 7) is 0. The van der Waals surface area contributed by atoms with Crippen molar-refractivity contribution in [3.8, 4) is 16.9 Å². The first-order valence-electron chi connectivity index (χ1n) is 6.50. The van der Waals surface area contributed by atoms with Gasteiger partial charge in [-0.05, 0) is 35.2 Å². The van der Waals surface area contributed by atoms with Crippen LogP contribution in [0.5, 0.6) is 5.75 Å². The van der Waals surface area contributed by atoms with Gasteiger partial charge in [-0.25, -0.2) is 0 Å². The highest BCUT2D eigenvalue weighted by Crippen LogP contribution is 2.26. The zero-order chi connectivity index (χ0) is 16.2. The highest BCUT2D eigenvalue weighted by Gasteiger charge is 2.30. The summed E-state index contributed by atoms with van der Waals surface area (Å²) in [6.07, 6.45) is -4.20. The third kappa shape index (κ3) is 4.80. The molecular weight excluding hydrogens is 297 g/mol. The standard InChI is InChI=1S/C16H13F3O3/c17-16(18,19)22-14-8-6-13(7-9-14)12-4-1-11(2-5-12)3-10-15(20)21/h1-2,4-9H,3,10H2,(H,20,21). The topological polar surface area (TPSA) is 46.5 Å². The number of rotatable bonds is 5. The Morgan fingerprint density at radius 2 is 1.45 bits per heavy atom. The van der Waals surface area contributed by atoms with Crippen molar-refractivity contribution in [2.24, 2.45) is 0 Å². The van der Waals surface area contributed by atoms with E-state index in [-0.39, 0.29) is 12.2 Å². The van der Waals surface area contributed by atoms with E-state index in [2.05, 4.69) is 4.74 Å². The van der Waals surface area contributed by atoms with Crippen molar-refractivity contribution in [3.05, 3.63) is 54.1 Å². The van der Waals surface area contributed by atoms with E-state index in [4.69, 9.17) is 5.11 Å². The largest absolute Gasteiger partial charge is 0.573 e. The summed E-state index contributed by atoms with van der Waals surface area (Å²) < 4.78 is 40.0. The van der Waals surface area contributed by atoms with Crippen LogP contribution in [-0.2, 0) is 11.2 Å². The molecule has 0 aromatic heterocycles. The van der Waals surface area contributed by atoms with Crippen molar-refractivity contribution < 1.29 is 27.8 Å². The minimum atomic E-state index is -4.70. The summed E-state index contributed by atoms with van der Waals surface area (Å²) in [5, 5.41) is 8.62. The zero-order valence-corrected chi connectivity index (χ0v) is 11.4. The Kier molecular flexibility index (Phi) is 4.70. The first-order valence-corrected chi connectivity index (χ1v) is 6.50. The molecule has 2 aromatic rings. The van der Waals surface area contributed by atoms with Gasteiger partial charge in [0.05, 0.1) is 0 Å². The molecule has 0 spiro atoms. The lowest BCUT2D eigenvalue weighted by atomic mass is 10.0. The summed E-state index contributed by atoms with van der Waals surface area (Å²) in [5.74, 6) is -1.13. The van der Waals surface area contributed by atoms with Crippen molar-refractivity contribution in [3.63, 3.8) is 0 Å². The molecule has 6 heteroatoms. The number of benzene rings is 2. The molecule has 0 radical (unpaired) electrons. The molecule has 2 aromatic carbocycles. The Morgan fingerprint density at radius 3 is 1.91 bits per heavy atom. The van der Waals surface area contributed by atoms with Crippen LogP contribution >= 0.6 is 0 Å². The predicted molar refractivity (Wildman–Crippen MR) is 74.5 cm³/mol. The molecule has 0 aliphatic heterocycles. The number of hydrogen-bond donors (Lipinski definition) is 1. The maximum Gasteiger partial charge on any atom is 0.573 e. The predicted octanol–water partition coefficient (Wildman–Crippen LogP) is 4.27. The van der Waals surface area contributed by atoms with Crippen LogP contribution in [0.3, 0.4) is 0 Å². The van der Waals surface area contributed by atoms with Crippen LogP contribution in [0.1, 0.15) is 12.0 Å². The van der Waals surface area contributed by atoms with Gasteiger partial charge in [0.2, 0.25) is 0 Å². The number of alkyl halides is 3. The third-order valence-corrected chi connectivity index (χ3v) is 3.00. The van der Waals surface area contributed by atoms with Gasteiger partial charge in [-0.3, -0.25) is 4.79 Å². The van der Waals surface area contributed by atoms with E-state index in [0.29, 0.717) is 6.42 Å². The molecule has 0 saturated carbocycles. The molecule has 22 heavy (non-hydrogen) atoms. The first-order chi connectivity index (χ1) is 10.3. The summed E-state index contributed by atoms with van der Waals surface area (Å²) >= 11 is 0. The van der Waals surface area contributed by atoms with Crippen LogP contribution in [0.25, 0.3) is 11.1 Å². The number of halogens is 3. The summed E-state index contributed by atoms with van der Waals surface area (Å²) in [7, 11) is 0. The molecule has 0 saturated heterocycles. The van der Waals surface area contributed by atoms with Crippen molar-refractivity contribution >= 4 is 5.97 Å². The van der Waals surface area contributed by atoms with Gasteiger partial charge >= 0.3 is 12.3 Å². The fourth-order valence-electron chi connectivity index (χ4n) is 1.96. The quantitative estimate of drug-likeness (QED) is 0.897. The summed E-state index contributed by atoms with van der Waals surface area (Å²) in [5.41, 5.74) is 2.47. The van der Waals surface area contributed by atoms with E-state index in [9.17, 15) is 18.0 Å². The molecule has 0 atom stereocenters. The van der Waals surface area contributed by atoms with Crippen LogP contribution in [0, 0.1) is 0 Å². The van der Waals surface area contributed by atoms with Crippen molar-refractivity contribution in [2.75, 3.05) is 0 Å². The van der Waals surface area contributed by atoms with Crippen LogP contribution < -0.4 is 4.74 Å². The monoisotopic (exact) mass is 310 g/mol. The van der Waals surface area contributed by atoms with Gasteiger partial charge in [-0.1, -0.05) is 36.4 Å². The maximum atomic E-state index is 12.1. The van der Waals surface area contributed by atoms with Crippen LogP contribution in [0.4, 0.5) is 13.2 Å². The average molecular weight is 310 g/mol. The molecule has 0 unspecified atom stereocenters. The van der Waals surface area contributed by atoms with Gasteiger partial charge < -0.3 is 9.84 Å². The summed E-state index contributed by atoms with van der Waals surface area (Å²) in [4.78, 5) is 10.5. The molecule has 0 fully saturated rings. The molecule has 1 N–H and O–H groups in total. The van der Waals surface area contributed by atoms with Gasteiger partial charge in [0.1, 0.15) is 5.75 Å². The molecule has 0 aliphatic carbocycles. The fraction of sp³-hybridized carbons (Fsp3) is 0.188. The first kappa shape index (κ1) is 15.9. The van der Waals surface area contributed by atoms with Gasteiger partial charge in [0.25, 0.3) is 0 Å². The number of carbonyl (C=O) groups is 1. The molecular formula is C16H13F3O3. The van der Waals surface area contributed by atoms with E-state index in [0.717, 1.165) is 16.7 Å². The van der Waals surface area contributed by atoms with E-state index in [1.165, 1.54) is 24.3 Å². The van der Waals surface area contributed by atoms with E-state index in [1.807, 2.05) is 0 Å². The van der Waals surface area contributed by atoms with Crippen molar-refractivity contribution in [1.82, 2.24) is 0 Å². The van der Waals surface area contributed by atoms with Crippen LogP contribution in [-0.4, -0.2) is 17.4 Å². The third-order valence-electron chi connectivity index (χ3n) is 3.00. The molecule has 0 bridgehead atoms. The van der Waals surface area contributed by atoms with Gasteiger partial charge in [0.15, 0.2) is 0 Å². The molecule has 0 aliphatic rings. The van der Waals surface area contributed by atoms with Gasteiger partial charge in [0, 0.05) is 6.42 Å². The Hall–Kier alpha value is -2.50. The second-order valence-corrected chi connectivity index (χ2v) is 4.66. The highest BCUT2D eigenvalue weighted by molar-refractivity contribution is 5.67. The second-order valence-electron chi connectivity index (χ2n) is 4.66. The second kappa shape index (κ2) is 6.51. The number of aryl methyl sites for hydroxylation is 1. The lowest BCUT2D eigenvalue weighted by molar-refractivity contribution is -0.274. The van der Waals surface area contributed by atoms with E-state index in [1.54, 1.807) is 24.3 Å². The van der Waals surface area contributed by atoms with Gasteiger partial charge in [-0.15, -0.1) is 13.2 Å². The number of aliphatic carboxylic acids is 1. The maximum absolute atomic E-state index is 12.1. The summed E-state index contributed by atoms with van der Waals surface area (Å²) in [6, 6.07) is 12.8. The SMILES string of the molecule is O=C(O)CCc1ccc(-c2ccc(OC(F)(F)F)cc2)cc1. The lowest BCUT2D eigenvalue weighted by Crippen LogP contribution is -2.16. The van der Waals surface area contributed by atoms with E-state index < -0.39 is 12.3 Å². The number of ether oxygens (including phenoxy) is 1. The van der Waals surface area contributed by atoms with Crippen LogP contribution in [0.15, 0.2) is 48.5 Å². The lowest BCUT2D eigenvalue weighted by Gasteiger charge is -2.09. The number of hydrogen-bond acceptors (Lipinski definition) is 2. The minimum Gasteiger partial charge on any atom is -0.481 e. The normalized spacial score (nSPS) is 11.2. The fourth-order valence-corrected chi connectivity index (χ4v) is 1.96. The highest BCUT2D eigenvalue weighted by atomic mass is 19.4. The molecule has 0 heterocycles. The Morgan fingerprint density at radius 1 is 0.955 bits per heavy atom. The Labute approximate surface area is 125 Å².